The highest BCUT2D eigenvalue weighted by Crippen LogP contribution is 2.27. The second kappa shape index (κ2) is 11.5. The SMILES string of the molecule is Cc1ccccc1NS(=O)(=O)c1cc(C(=O)Nc2ccccc2C(=O)NC(C)c2ccccc2)ccc1Cl. The maximum absolute atomic E-state index is 13.1. The van der Waals surface area contributed by atoms with Crippen LogP contribution >= 0.6 is 11.6 Å². The Balaban J connectivity index is 1.55. The van der Waals surface area contributed by atoms with Gasteiger partial charge in [0.25, 0.3) is 21.8 Å². The summed E-state index contributed by atoms with van der Waals surface area (Å²) < 4.78 is 28.7. The number of nitrogens with one attached hydrogen (secondary N) is 3. The van der Waals surface area contributed by atoms with Crippen molar-refractivity contribution in [3.05, 3.63) is 124 Å². The fourth-order valence-electron chi connectivity index (χ4n) is 3.82. The van der Waals surface area contributed by atoms with E-state index in [2.05, 4.69) is 15.4 Å². The van der Waals surface area contributed by atoms with Crippen LogP contribution in [0.25, 0.3) is 0 Å². The molecule has 0 heterocycles. The van der Waals surface area contributed by atoms with Crippen LogP contribution in [0.1, 0.15) is 44.8 Å². The van der Waals surface area contributed by atoms with Crippen LogP contribution in [0.3, 0.4) is 0 Å². The number of anilines is 2. The van der Waals surface area contributed by atoms with Crippen LogP contribution < -0.4 is 15.4 Å². The van der Waals surface area contributed by atoms with E-state index in [4.69, 9.17) is 11.6 Å². The minimum atomic E-state index is -4.08. The Hall–Kier alpha value is -4.14. The highest BCUT2D eigenvalue weighted by Gasteiger charge is 2.22. The molecular weight excluding hydrogens is 522 g/mol. The second-order valence-corrected chi connectivity index (χ2v) is 10.7. The standard InChI is InChI=1S/C29H26ClN3O4S/c1-19-10-6-8-14-25(19)33-38(36,37)27-18-22(16-17-24(27)30)28(34)32-26-15-9-7-13-23(26)29(35)31-20(2)21-11-4-3-5-12-21/h3-18,20,33H,1-2H3,(H,31,35)(H,32,34). The van der Waals surface area contributed by atoms with Gasteiger partial charge in [-0.25, -0.2) is 8.42 Å². The first-order valence-electron chi connectivity index (χ1n) is 11.8. The van der Waals surface area contributed by atoms with E-state index in [1.165, 1.54) is 18.2 Å². The Morgan fingerprint density at radius 1 is 0.789 bits per heavy atom. The van der Waals surface area contributed by atoms with Crippen molar-refractivity contribution in [3.8, 4) is 0 Å². The van der Waals surface area contributed by atoms with Gasteiger partial charge < -0.3 is 10.6 Å². The van der Waals surface area contributed by atoms with Gasteiger partial charge in [-0.1, -0.05) is 72.3 Å². The van der Waals surface area contributed by atoms with Gasteiger partial charge in [0, 0.05) is 5.56 Å². The number of hydrogen-bond donors (Lipinski definition) is 3. The largest absolute Gasteiger partial charge is 0.345 e. The molecule has 4 aromatic rings. The van der Waals surface area contributed by atoms with E-state index in [9.17, 15) is 18.0 Å². The van der Waals surface area contributed by atoms with Gasteiger partial charge in [-0.2, -0.15) is 0 Å². The van der Waals surface area contributed by atoms with Gasteiger partial charge >= 0.3 is 0 Å². The van der Waals surface area contributed by atoms with E-state index >= 15 is 0 Å². The molecule has 0 spiro atoms. The minimum Gasteiger partial charge on any atom is -0.345 e. The normalized spacial score (nSPS) is 11.9. The van der Waals surface area contributed by atoms with Crippen molar-refractivity contribution in [1.82, 2.24) is 5.32 Å². The second-order valence-electron chi connectivity index (χ2n) is 8.67. The monoisotopic (exact) mass is 547 g/mol. The molecule has 38 heavy (non-hydrogen) atoms. The van der Waals surface area contributed by atoms with Crippen molar-refractivity contribution >= 4 is 44.8 Å². The topological polar surface area (TPSA) is 104 Å². The quantitative estimate of drug-likeness (QED) is 0.244. The lowest BCUT2D eigenvalue weighted by atomic mass is 10.1. The number of carbonyl (C=O) groups is 2. The maximum Gasteiger partial charge on any atom is 0.263 e. The van der Waals surface area contributed by atoms with E-state index in [1.807, 2.05) is 37.3 Å². The summed E-state index contributed by atoms with van der Waals surface area (Å²) in [6, 6.07) is 26.8. The molecule has 0 radical (unpaired) electrons. The number of benzene rings is 4. The lowest BCUT2D eigenvalue weighted by Crippen LogP contribution is -2.28. The molecule has 4 rings (SSSR count). The molecule has 194 valence electrons. The predicted molar refractivity (Wildman–Crippen MR) is 150 cm³/mol. The molecule has 0 bridgehead atoms. The average molecular weight is 548 g/mol. The molecule has 0 aliphatic rings. The predicted octanol–water partition coefficient (Wildman–Crippen LogP) is 6.19. The number of carbonyl (C=O) groups excluding carboxylic acids is 2. The zero-order valence-corrected chi connectivity index (χ0v) is 22.3. The Morgan fingerprint density at radius 3 is 2.13 bits per heavy atom. The summed E-state index contributed by atoms with van der Waals surface area (Å²) in [5, 5.41) is 5.62. The molecule has 0 saturated carbocycles. The molecule has 0 aromatic heterocycles. The van der Waals surface area contributed by atoms with Gasteiger partial charge in [0.15, 0.2) is 0 Å². The zero-order valence-electron chi connectivity index (χ0n) is 20.7. The van der Waals surface area contributed by atoms with E-state index in [1.54, 1.807) is 55.5 Å². The Morgan fingerprint density at radius 2 is 1.42 bits per heavy atom. The molecule has 0 saturated heterocycles. The summed E-state index contributed by atoms with van der Waals surface area (Å²) >= 11 is 6.21. The number of hydrogen-bond acceptors (Lipinski definition) is 4. The third kappa shape index (κ3) is 6.22. The number of aryl methyl sites for hydroxylation is 1. The minimum absolute atomic E-state index is 0.0303. The Labute approximate surface area is 226 Å². The van der Waals surface area contributed by atoms with Crippen LogP contribution in [0.2, 0.25) is 5.02 Å². The molecule has 1 unspecified atom stereocenters. The van der Waals surface area contributed by atoms with E-state index in [0.29, 0.717) is 5.69 Å². The van der Waals surface area contributed by atoms with Crippen LogP contribution in [-0.2, 0) is 10.0 Å². The average Bonchev–Trinajstić information content (AvgIpc) is 2.90. The van der Waals surface area contributed by atoms with Crippen molar-refractivity contribution in [2.45, 2.75) is 24.8 Å². The summed E-state index contributed by atoms with van der Waals surface area (Å²) in [5.74, 6) is -0.954. The van der Waals surface area contributed by atoms with Crippen molar-refractivity contribution < 1.29 is 18.0 Å². The third-order valence-corrected chi connectivity index (χ3v) is 7.79. The van der Waals surface area contributed by atoms with Gasteiger partial charge in [-0.15, -0.1) is 0 Å². The molecule has 9 heteroatoms. The van der Waals surface area contributed by atoms with E-state index in [-0.39, 0.29) is 38.7 Å². The first kappa shape index (κ1) is 26.9. The summed E-state index contributed by atoms with van der Waals surface area (Å²) in [6.45, 7) is 3.65. The summed E-state index contributed by atoms with van der Waals surface area (Å²) in [5.41, 5.74) is 2.70. The lowest BCUT2D eigenvalue weighted by molar-refractivity contribution is 0.0940. The molecule has 0 aliphatic carbocycles. The summed E-state index contributed by atoms with van der Waals surface area (Å²) in [4.78, 5) is 25.9. The maximum atomic E-state index is 13.1. The highest BCUT2D eigenvalue weighted by atomic mass is 35.5. The molecule has 7 nitrogen and oxygen atoms in total. The van der Waals surface area contributed by atoms with Crippen LogP contribution in [0.4, 0.5) is 11.4 Å². The van der Waals surface area contributed by atoms with Crippen LogP contribution in [0.5, 0.6) is 0 Å². The van der Waals surface area contributed by atoms with E-state index in [0.717, 1.165) is 11.1 Å². The van der Waals surface area contributed by atoms with Gasteiger partial charge in [0.1, 0.15) is 4.90 Å². The van der Waals surface area contributed by atoms with Crippen LogP contribution in [-0.4, -0.2) is 20.2 Å². The number of halogens is 1. The number of rotatable bonds is 8. The Kier molecular flexibility index (Phi) is 8.14. The van der Waals surface area contributed by atoms with Gasteiger partial charge in [0.2, 0.25) is 0 Å². The molecule has 1 atom stereocenters. The fraction of sp³-hybridized carbons (Fsp3) is 0.103. The summed E-state index contributed by atoms with van der Waals surface area (Å²) in [6.07, 6.45) is 0. The number of sulfonamides is 1. The van der Waals surface area contributed by atoms with E-state index < -0.39 is 15.9 Å². The molecular formula is C29H26ClN3O4S. The zero-order chi connectivity index (χ0) is 27.3. The van der Waals surface area contributed by atoms with Crippen LogP contribution in [0, 0.1) is 6.92 Å². The fourth-order valence-corrected chi connectivity index (χ4v) is 5.48. The van der Waals surface area contributed by atoms with Crippen molar-refractivity contribution in [3.63, 3.8) is 0 Å². The lowest BCUT2D eigenvalue weighted by Gasteiger charge is -2.17. The molecule has 3 N–H and O–H groups in total. The summed E-state index contributed by atoms with van der Waals surface area (Å²) in [7, 11) is -4.08. The number of amides is 2. The smallest absolute Gasteiger partial charge is 0.263 e. The molecule has 4 aromatic carbocycles. The first-order valence-corrected chi connectivity index (χ1v) is 13.7. The number of para-hydroxylation sites is 2. The van der Waals surface area contributed by atoms with Gasteiger partial charge in [-0.05, 0) is 61.4 Å². The third-order valence-electron chi connectivity index (χ3n) is 5.94. The first-order chi connectivity index (χ1) is 18.2. The molecule has 2 amide bonds. The molecule has 0 fully saturated rings. The van der Waals surface area contributed by atoms with Crippen molar-refractivity contribution in [2.75, 3.05) is 10.0 Å². The van der Waals surface area contributed by atoms with Crippen LogP contribution in [0.15, 0.2) is 102 Å². The van der Waals surface area contributed by atoms with Crippen molar-refractivity contribution in [2.24, 2.45) is 0 Å². The molecule has 0 aliphatic heterocycles. The van der Waals surface area contributed by atoms with Crippen molar-refractivity contribution in [1.29, 1.82) is 0 Å². The highest BCUT2D eigenvalue weighted by molar-refractivity contribution is 7.92. The van der Waals surface area contributed by atoms with Gasteiger partial charge in [0.05, 0.1) is 28.0 Å². The Bertz CT molecular complexity index is 1590. The van der Waals surface area contributed by atoms with Gasteiger partial charge in [-0.3, -0.25) is 14.3 Å².